The van der Waals surface area contributed by atoms with E-state index < -0.39 is 0 Å². The largest absolute Gasteiger partial charge is 0.278 e. The molecule has 1 aliphatic rings. The van der Waals surface area contributed by atoms with Gasteiger partial charge in [0.15, 0.2) is 11.6 Å². The van der Waals surface area contributed by atoms with Gasteiger partial charge in [-0.05, 0) is 80.6 Å². The monoisotopic (exact) mass is 704 g/mol. The third-order valence-corrected chi connectivity index (χ3v) is 12.1. The normalized spacial score (nSPS) is 12.1. The van der Waals surface area contributed by atoms with Crippen LogP contribution >= 0.6 is 11.3 Å². The molecule has 5 heteroatoms. The second-order valence-electron chi connectivity index (χ2n) is 14.0. The maximum atomic E-state index is 5.24. The van der Waals surface area contributed by atoms with E-state index in [9.17, 15) is 0 Å². The Balaban J connectivity index is 1.19. The van der Waals surface area contributed by atoms with E-state index in [2.05, 4.69) is 138 Å². The Morgan fingerprint density at radius 1 is 0.352 bits per heavy atom. The predicted octanol–water partition coefficient (Wildman–Crippen LogP) is 13.1. The van der Waals surface area contributed by atoms with Crippen molar-refractivity contribution in [2.45, 2.75) is 0 Å². The molecule has 250 valence electrons. The topological polar surface area (TPSA) is 43.6 Å². The Kier molecular flexibility index (Phi) is 6.18. The lowest BCUT2D eigenvalue weighted by Crippen LogP contribution is -2.06. The van der Waals surface area contributed by atoms with E-state index in [-0.39, 0.29) is 0 Å². The molecular weight excluding hydrogens is 677 g/mol. The van der Waals surface area contributed by atoms with Gasteiger partial charge >= 0.3 is 0 Å². The Morgan fingerprint density at radius 2 is 0.944 bits per heavy atom. The number of hydrogen-bond acceptors (Lipinski definition) is 4. The minimum absolute atomic E-state index is 0.593. The van der Waals surface area contributed by atoms with Gasteiger partial charge in [-0.1, -0.05) is 133 Å². The molecule has 0 N–H and O–H groups in total. The quantitative estimate of drug-likeness (QED) is 0.183. The number of benzene rings is 8. The first-order valence-corrected chi connectivity index (χ1v) is 19.0. The molecular formula is C49H28N4S. The summed E-state index contributed by atoms with van der Waals surface area (Å²) in [5.74, 6) is 1.87. The summed E-state index contributed by atoms with van der Waals surface area (Å²) >= 11 is 1.85. The van der Waals surface area contributed by atoms with Crippen molar-refractivity contribution in [3.63, 3.8) is 0 Å². The molecule has 12 rings (SSSR count). The van der Waals surface area contributed by atoms with E-state index in [0.29, 0.717) is 17.6 Å². The van der Waals surface area contributed by atoms with Crippen molar-refractivity contribution in [2.75, 3.05) is 0 Å². The van der Waals surface area contributed by atoms with E-state index in [0.717, 1.165) is 22.2 Å². The summed E-state index contributed by atoms with van der Waals surface area (Å²) in [5.41, 5.74) is 11.4. The summed E-state index contributed by atoms with van der Waals surface area (Å²) in [7, 11) is 0. The highest BCUT2D eigenvalue weighted by Crippen LogP contribution is 2.51. The summed E-state index contributed by atoms with van der Waals surface area (Å²) in [6.07, 6.45) is 0. The van der Waals surface area contributed by atoms with Crippen LogP contribution in [0, 0.1) is 0 Å². The van der Waals surface area contributed by atoms with Crippen LogP contribution in [0.1, 0.15) is 0 Å². The Labute approximate surface area is 314 Å². The highest BCUT2D eigenvalue weighted by Gasteiger charge is 2.26. The molecule has 0 spiro atoms. The second-order valence-corrected chi connectivity index (χ2v) is 15.1. The maximum Gasteiger partial charge on any atom is 0.238 e. The molecule has 0 aliphatic heterocycles. The zero-order valence-corrected chi connectivity index (χ0v) is 29.7. The average molecular weight is 705 g/mol. The lowest BCUT2D eigenvalue weighted by Gasteiger charge is -2.12. The van der Waals surface area contributed by atoms with Crippen molar-refractivity contribution in [3.05, 3.63) is 170 Å². The van der Waals surface area contributed by atoms with Crippen LogP contribution in [0.15, 0.2) is 170 Å². The first kappa shape index (κ1) is 29.6. The van der Waals surface area contributed by atoms with Gasteiger partial charge in [0.1, 0.15) is 0 Å². The molecule has 3 heterocycles. The van der Waals surface area contributed by atoms with Crippen LogP contribution in [-0.4, -0.2) is 19.5 Å². The molecule has 0 unspecified atom stereocenters. The SMILES string of the molecule is c1ccc(-c2nc(-c3ccccc3)nc(-n3c4ccc(-c5ccc6sc7ccccc7c6c5)cc4c4c5cccc6c5c(cc43)-c3ccccc3-6)n2)cc1. The molecule has 0 fully saturated rings. The lowest BCUT2D eigenvalue weighted by atomic mass is 9.96. The molecule has 0 amide bonds. The molecule has 0 radical (unpaired) electrons. The molecule has 11 aromatic rings. The van der Waals surface area contributed by atoms with Gasteiger partial charge in [0.25, 0.3) is 0 Å². The molecule has 3 aromatic heterocycles. The third-order valence-electron chi connectivity index (χ3n) is 11.0. The van der Waals surface area contributed by atoms with Crippen LogP contribution in [0.4, 0.5) is 0 Å². The van der Waals surface area contributed by atoms with Crippen LogP contribution < -0.4 is 0 Å². The van der Waals surface area contributed by atoms with Crippen LogP contribution in [0.25, 0.3) is 115 Å². The second kappa shape index (κ2) is 11.3. The van der Waals surface area contributed by atoms with Gasteiger partial charge in [0, 0.05) is 42.1 Å². The van der Waals surface area contributed by atoms with Crippen molar-refractivity contribution >= 4 is 64.1 Å². The zero-order chi connectivity index (χ0) is 35.3. The number of rotatable bonds is 4. The predicted molar refractivity (Wildman–Crippen MR) is 225 cm³/mol. The number of thiophene rings is 1. The van der Waals surface area contributed by atoms with Crippen molar-refractivity contribution in [1.82, 2.24) is 19.5 Å². The van der Waals surface area contributed by atoms with E-state index in [4.69, 9.17) is 15.0 Å². The molecule has 0 atom stereocenters. The fourth-order valence-corrected chi connectivity index (χ4v) is 9.66. The first-order valence-electron chi connectivity index (χ1n) is 18.2. The minimum atomic E-state index is 0.593. The van der Waals surface area contributed by atoms with Crippen LogP contribution in [0.5, 0.6) is 0 Å². The fourth-order valence-electron chi connectivity index (χ4n) is 8.58. The van der Waals surface area contributed by atoms with Gasteiger partial charge in [-0.25, -0.2) is 4.98 Å². The molecule has 4 nitrogen and oxygen atoms in total. The Hall–Kier alpha value is -6.95. The number of fused-ring (bicyclic) bond motifs is 10. The summed E-state index contributed by atoms with van der Waals surface area (Å²) in [4.78, 5) is 15.5. The zero-order valence-electron chi connectivity index (χ0n) is 28.9. The van der Waals surface area contributed by atoms with Crippen molar-refractivity contribution in [3.8, 4) is 62.1 Å². The van der Waals surface area contributed by atoms with Crippen molar-refractivity contribution in [2.24, 2.45) is 0 Å². The van der Waals surface area contributed by atoms with E-state index in [1.165, 1.54) is 75.1 Å². The van der Waals surface area contributed by atoms with Gasteiger partial charge in [-0.2, -0.15) is 9.97 Å². The molecule has 54 heavy (non-hydrogen) atoms. The van der Waals surface area contributed by atoms with Gasteiger partial charge in [-0.3, -0.25) is 4.57 Å². The Bertz CT molecular complexity index is 3270. The number of nitrogens with zero attached hydrogens (tertiary/aromatic N) is 4. The smallest absolute Gasteiger partial charge is 0.238 e. The standard InChI is InChI=1S/C49H28N4S/c1-3-12-29(13-4-1)47-50-48(30-14-5-2-6-15-30)52-49(51-47)53-41-24-22-31(32-23-25-44-38(26-32)35-18-9-10-21-43(35)54-44)27-40(41)46-37-20-11-19-36-33-16-7-8-17-34(33)39(45(36)37)28-42(46)53/h1-28H. The summed E-state index contributed by atoms with van der Waals surface area (Å²) < 4.78 is 4.88. The van der Waals surface area contributed by atoms with Crippen LogP contribution in [0.2, 0.25) is 0 Å². The molecule has 0 bridgehead atoms. The Morgan fingerprint density at radius 3 is 1.70 bits per heavy atom. The number of hydrogen-bond donors (Lipinski definition) is 0. The summed E-state index contributed by atoms with van der Waals surface area (Å²) in [6.45, 7) is 0. The highest BCUT2D eigenvalue weighted by atomic mass is 32.1. The molecule has 0 saturated heterocycles. The summed E-state index contributed by atoms with van der Waals surface area (Å²) in [6, 6.07) is 60.8. The number of aromatic nitrogens is 4. The van der Waals surface area contributed by atoms with E-state index in [1.807, 2.05) is 47.7 Å². The molecule has 0 saturated carbocycles. The average Bonchev–Trinajstić information content (AvgIpc) is 3.89. The highest BCUT2D eigenvalue weighted by molar-refractivity contribution is 7.25. The minimum Gasteiger partial charge on any atom is -0.278 e. The summed E-state index contributed by atoms with van der Waals surface area (Å²) in [5, 5.41) is 7.50. The van der Waals surface area contributed by atoms with Gasteiger partial charge < -0.3 is 0 Å². The van der Waals surface area contributed by atoms with Gasteiger partial charge in [0.05, 0.1) is 11.0 Å². The third kappa shape index (κ3) is 4.27. The maximum absolute atomic E-state index is 5.24. The van der Waals surface area contributed by atoms with E-state index in [1.54, 1.807) is 0 Å². The van der Waals surface area contributed by atoms with Crippen LogP contribution in [-0.2, 0) is 0 Å². The first-order chi connectivity index (χ1) is 26.8. The fraction of sp³-hybridized carbons (Fsp3) is 0. The molecule has 8 aromatic carbocycles. The van der Waals surface area contributed by atoms with Crippen LogP contribution in [0.3, 0.4) is 0 Å². The van der Waals surface area contributed by atoms with Crippen molar-refractivity contribution < 1.29 is 0 Å². The van der Waals surface area contributed by atoms with Gasteiger partial charge in [0.2, 0.25) is 5.95 Å². The van der Waals surface area contributed by atoms with Crippen molar-refractivity contribution in [1.29, 1.82) is 0 Å². The van der Waals surface area contributed by atoms with E-state index >= 15 is 0 Å². The molecule has 1 aliphatic carbocycles. The van der Waals surface area contributed by atoms with Gasteiger partial charge in [-0.15, -0.1) is 11.3 Å². The lowest BCUT2D eigenvalue weighted by molar-refractivity contribution is 0.954.